The SMILES string of the molecule is CC(C)c1ncc(NS(=O)(=O)c2cnn(C3CCC3)c2)cn1. The van der Waals surface area contributed by atoms with E-state index in [9.17, 15) is 8.42 Å². The molecule has 0 bridgehead atoms. The van der Waals surface area contributed by atoms with Crippen LogP contribution in [-0.2, 0) is 10.0 Å². The maximum Gasteiger partial charge on any atom is 0.265 e. The minimum Gasteiger partial charge on any atom is -0.276 e. The van der Waals surface area contributed by atoms with E-state index in [1.165, 1.54) is 25.0 Å². The van der Waals surface area contributed by atoms with E-state index in [-0.39, 0.29) is 10.8 Å². The van der Waals surface area contributed by atoms with Gasteiger partial charge in [-0.2, -0.15) is 5.10 Å². The maximum absolute atomic E-state index is 12.3. The van der Waals surface area contributed by atoms with E-state index in [4.69, 9.17) is 0 Å². The van der Waals surface area contributed by atoms with E-state index in [1.54, 1.807) is 10.9 Å². The largest absolute Gasteiger partial charge is 0.276 e. The first-order valence-electron chi connectivity index (χ1n) is 7.34. The van der Waals surface area contributed by atoms with Crippen LogP contribution in [-0.4, -0.2) is 28.2 Å². The number of rotatable bonds is 5. The highest BCUT2D eigenvalue weighted by molar-refractivity contribution is 7.92. The molecule has 3 rings (SSSR count). The van der Waals surface area contributed by atoms with Gasteiger partial charge in [0.1, 0.15) is 10.7 Å². The molecule has 0 amide bonds. The summed E-state index contributed by atoms with van der Waals surface area (Å²) in [7, 11) is -3.66. The lowest BCUT2D eigenvalue weighted by molar-refractivity contribution is 0.289. The van der Waals surface area contributed by atoms with Crippen LogP contribution in [0.25, 0.3) is 0 Å². The fraction of sp³-hybridized carbons (Fsp3) is 0.500. The summed E-state index contributed by atoms with van der Waals surface area (Å²) in [6.45, 7) is 3.96. The normalized spacial score (nSPS) is 15.8. The van der Waals surface area contributed by atoms with E-state index in [2.05, 4.69) is 19.8 Å². The van der Waals surface area contributed by atoms with Gasteiger partial charge in [0.2, 0.25) is 0 Å². The van der Waals surface area contributed by atoms with Crippen molar-refractivity contribution in [1.29, 1.82) is 0 Å². The van der Waals surface area contributed by atoms with Gasteiger partial charge in [0.15, 0.2) is 0 Å². The van der Waals surface area contributed by atoms with Gasteiger partial charge in [0, 0.05) is 12.1 Å². The minimum absolute atomic E-state index is 0.160. The van der Waals surface area contributed by atoms with Crippen LogP contribution < -0.4 is 4.72 Å². The molecule has 7 nitrogen and oxygen atoms in total. The molecule has 1 fully saturated rings. The van der Waals surface area contributed by atoms with Crippen LogP contribution in [0, 0.1) is 0 Å². The van der Waals surface area contributed by atoms with Gasteiger partial charge in [-0.05, 0) is 19.3 Å². The topological polar surface area (TPSA) is 89.8 Å². The smallest absolute Gasteiger partial charge is 0.265 e. The van der Waals surface area contributed by atoms with Gasteiger partial charge in [0.25, 0.3) is 10.0 Å². The number of nitrogens with zero attached hydrogens (tertiary/aromatic N) is 4. The average molecular weight is 321 g/mol. The second-order valence-corrected chi connectivity index (χ2v) is 7.51. The zero-order chi connectivity index (χ0) is 15.7. The number of sulfonamides is 1. The highest BCUT2D eigenvalue weighted by Gasteiger charge is 2.23. The van der Waals surface area contributed by atoms with Crippen LogP contribution in [0.4, 0.5) is 5.69 Å². The average Bonchev–Trinajstić information content (AvgIpc) is 2.87. The monoisotopic (exact) mass is 321 g/mol. The maximum atomic E-state index is 12.3. The van der Waals surface area contributed by atoms with Crippen molar-refractivity contribution >= 4 is 15.7 Å². The van der Waals surface area contributed by atoms with Crippen molar-refractivity contribution in [3.63, 3.8) is 0 Å². The van der Waals surface area contributed by atoms with Crippen LogP contribution in [0.1, 0.15) is 50.9 Å². The van der Waals surface area contributed by atoms with Gasteiger partial charge < -0.3 is 0 Å². The van der Waals surface area contributed by atoms with Crippen LogP contribution >= 0.6 is 0 Å². The quantitative estimate of drug-likeness (QED) is 0.912. The molecule has 0 aliphatic heterocycles. The molecule has 2 aromatic rings. The highest BCUT2D eigenvalue weighted by Crippen LogP contribution is 2.31. The van der Waals surface area contributed by atoms with Gasteiger partial charge in [-0.25, -0.2) is 18.4 Å². The summed E-state index contributed by atoms with van der Waals surface area (Å²) in [4.78, 5) is 8.47. The summed E-state index contributed by atoms with van der Waals surface area (Å²) < 4.78 is 28.9. The van der Waals surface area contributed by atoms with Crippen molar-refractivity contribution < 1.29 is 8.42 Å². The van der Waals surface area contributed by atoms with Crippen molar-refractivity contribution in [2.24, 2.45) is 0 Å². The number of anilines is 1. The lowest BCUT2D eigenvalue weighted by Gasteiger charge is -2.25. The Kier molecular flexibility index (Phi) is 3.86. The Morgan fingerprint density at radius 1 is 1.23 bits per heavy atom. The molecule has 0 radical (unpaired) electrons. The van der Waals surface area contributed by atoms with E-state index in [0.717, 1.165) is 12.8 Å². The molecule has 118 valence electrons. The van der Waals surface area contributed by atoms with Crippen molar-refractivity contribution in [3.05, 3.63) is 30.6 Å². The van der Waals surface area contributed by atoms with Crippen LogP contribution in [0.2, 0.25) is 0 Å². The van der Waals surface area contributed by atoms with Crippen molar-refractivity contribution in [2.75, 3.05) is 4.72 Å². The molecule has 1 aliphatic rings. The Hall–Kier alpha value is -1.96. The van der Waals surface area contributed by atoms with E-state index in [0.29, 0.717) is 17.6 Å². The minimum atomic E-state index is -3.66. The van der Waals surface area contributed by atoms with Gasteiger partial charge in [0.05, 0.1) is 30.3 Å². The van der Waals surface area contributed by atoms with Crippen LogP contribution in [0.15, 0.2) is 29.7 Å². The number of hydrogen-bond donors (Lipinski definition) is 1. The summed E-state index contributed by atoms with van der Waals surface area (Å²) in [5, 5.41) is 4.15. The molecule has 0 aromatic carbocycles. The lowest BCUT2D eigenvalue weighted by Crippen LogP contribution is -2.17. The number of aromatic nitrogens is 4. The van der Waals surface area contributed by atoms with E-state index in [1.807, 2.05) is 13.8 Å². The van der Waals surface area contributed by atoms with Gasteiger partial charge in [-0.15, -0.1) is 0 Å². The standard InChI is InChI=1S/C14H19N5O2S/c1-10(2)14-15-6-11(7-16-14)18-22(20,21)13-8-17-19(9-13)12-4-3-5-12/h6-10,12,18H,3-5H2,1-2H3. The molecule has 0 atom stereocenters. The third-order valence-electron chi connectivity index (χ3n) is 3.78. The van der Waals surface area contributed by atoms with Gasteiger partial charge in [-0.3, -0.25) is 9.40 Å². The molecule has 1 N–H and O–H groups in total. The summed E-state index contributed by atoms with van der Waals surface area (Å²) in [6, 6.07) is 0.331. The van der Waals surface area contributed by atoms with Crippen LogP contribution in [0.5, 0.6) is 0 Å². The summed E-state index contributed by atoms with van der Waals surface area (Å²) in [6.07, 6.45) is 9.20. The first-order valence-corrected chi connectivity index (χ1v) is 8.83. The number of hydrogen-bond acceptors (Lipinski definition) is 5. The zero-order valence-corrected chi connectivity index (χ0v) is 13.4. The van der Waals surface area contributed by atoms with Crippen molar-refractivity contribution in [3.8, 4) is 0 Å². The Labute approximate surface area is 129 Å². The summed E-state index contributed by atoms with van der Waals surface area (Å²) in [5.74, 6) is 0.882. The molecule has 8 heteroatoms. The third kappa shape index (κ3) is 2.96. The molecule has 22 heavy (non-hydrogen) atoms. The third-order valence-corrected chi connectivity index (χ3v) is 5.11. The predicted molar refractivity (Wildman–Crippen MR) is 82.0 cm³/mol. The second-order valence-electron chi connectivity index (χ2n) is 5.83. The molecular weight excluding hydrogens is 302 g/mol. The predicted octanol–water partition coefficient (Wildman–Crippen LogP) is 2.32. The summed E-state index contributed by atoms with van der Waals surface area (Å²) in [5.41, 5.74) is 0.348. The fourth-order valence-electron chi connectivity index (χ4n) is 2.21. The van der Waals surface area contributed by atoms with Crippen molar-refractivity contribution in [1.82, 2.24) is 19.7 Å². The van der Waals surface area contributed by atoms with Gasteiger partial charge >= 0.3 is 0 Å². The van der Waals surface area contributed by atoms with Crippen molar-refractivity contribution in [2.45, 2.75) is 50.0 Å². The van der Waals surface area contributed by atoms with E-state index < -0.39 is 10.0 Å². The second kappa shape index (κ2) is 5.68. The molecule has 0 saturated heterocycles. The zero-order valence-electron chi connectivity index (χ0n) is 12.6. The lowest BCUT2D eigenvalue weighted by atomic mass is 9.93. The van der Waals surface area contributed by atoms with Gasteiger partial charge in [-0.1, -0.05) is 13.8 Å². The van der Waals surface area contributed by atoms with Crippen LogP contribution in [0.3, 0.4) is 0 Å². The summed E-state index contributed by atoms with van der Waals surface area (Å²) >= 11 is 0. The first kappa shape index (κ1) is 15.0. The molecular formula is C14H19N5O2S. The molecule has 1 aliphatic carbocycles. The first-order chi connectivity index (χ1) is 10.5. The number of nitrogens with one attached hydrogen (secondary N) is 1. The fourth-order valence-corrected chi connectivity index (χ4v) is 3.18. The Balaban J connectivity index is 1.76. The molecule has 2 heterocycles. The highest BCUT2D eigenvalue weighted by atomic mass is 32.2. The Morgan fingerprint density at radius 2 is 1.91 bits per heavy atom. The Bertz CT molecular complexity index is 748. The van der Waals surface area contributed by atoms with E-state index >= 15 is 0 Å². The Morgan fingerprint density at radius 3 is 2.45 bits per heavy atom. The molecule has 2 aromatic heterocycles. The molecule has 1 saturated carbocycles. The molecule has 0 unspecified atom stereocenters. The molecule has 0 spiro atoms.